The van der Waals surface area contributed by atoms with Crippen molar-refractivity contribution in [3.8, 4) is 5.75 Å². The van der Waals surface area contributed by atoms with E-state index in [4.69, 9.17) is 4.74 Å². The molecule has 1 fully saturated rings. The van der Waals surface area contributed by atoms with Gasteiger partial charge in [0.2, 0.25) is 11.8 Å². The van der Waals surface area contributed by atoms with Crippen molar-refractivity contribution in [3.05, 3.63) is 71.8 Å². The van der Waals surface area contributed by atoms with Crippen LogP contribution in [0.4, 0.5) is 0 Å². The van der Waals surface area contributed by atoms with E-state index < -0.39 is 0 Å². The topological polar surface area (TPSA) is 58.6 Å². The smallest absolute Gasteiger partial charge is 0.246 e. The number of methoxy groups -OCH3 is 1. The van der Waals surface area contributed by atoms with Gasteiger partial charge in [0.1, 0.15) is 5.75 Å². The van der Waals surface area contributed by atoms with Gasteiger partial charge in [-0.25, -0.2) is 0 Å². The van der Waals surface area contributed by atoms with Gasteiger partial charge in [0, 0.05) is 25.1 Å². The maximum atomic E-state index is 12.8. The highest BCUT2D eigenvalue weighted by molar-refractivity contribution is 5.92. The molecule has 0 aliphatic carbocycles. The third kappa shape index (κ3) is 5.72. The number of likely N-dealkylation sites (tertiary alicyclic amines) is 1. The van der Waals surface area contributed by atoms with E-state index in [0.29, 0.717) is 25.9 Å². The molecule has 1 aliphatic rings. The summed E-state index contributed by atoms with van der Waals surface area (Å²) >= 11 is 0. The van der Waals surface area contributed by atoms with Crippen molar-refractivity contribution in [3.63, 3.8) is 0 Å². The maximum absolute atomic E-state index is 12.8. The van der Waals surface area contributed by atoms with Crippen molar-refractivity contribution in [2.45, 2.75) is 32.2 Å². The van der Waals surface area contributed by atoms with Gasteiger partial charge in [0.05, 0.1) is 13.2 Å². The van der Waals surface area contributed by atoms with E-state index in [1.807, 2.05) is 65.6 Å². The summed E-state index contributed by atoms with van der Waals surface area (Å²) in [5.74, 6) is 0.824. The number of rotatable bonds is 7. The first-order valence-electron chi connectivity index (χ1n) is 10.6. The second-order valence-electron chi connectivity index (χ2n) is 7.59. The first-order chi connectivity index (χ1) is 14.6. The Labute approximate surface area is 178 Å². The van der Waals surface area contributed by atoms with E-state index >= 15 is 0 Å². The zero-order valence-corrected chi connectivity index (χ0v) is 17.7. The molecule has 0 radical (unpaired) electrons. The molecule has 0 spiro atoms. The largest absolute Gasteiger partial charge is 0.497 e. The predicted octanol–water partition coefficient (Wildman–Crippen LogP) is 4.21. The maximum Gasteiger partial charge on any atom is 0.246 e. The van der Waals surface area contributed by atoms with Crippen LogP contribution in [0.5, 0.6) is 5.75 Å². The average molecular weight is 407 g/mol. The first-order valence-corrected chi connectivity index (χ1v) is 10.6. The Morgan fingerprint density at radius 1 is 1.10 bits per heavy atom. The summed E-state index contributed by atoms with van der Waals surface area (Å²) in [7, 11) is 1.64. The van der Waals surface area contributed by atoms with Crippen LogP contribution in [0.25, 0.3) is 6.08 Å². The van der Waals surface area contributed by atoms with Gasteiger partial charge < -0.3 is 15.0 Å². The average Bonchev–Trinajstić information content (AvgIpc) is 2.81. The van der Waals surface area contributed by atoms with Crippen LogP contribution in [0.2, 0.25) is 0 Å². The Morgan fingerprint density at radius 3 is 2.37 bits per heavy atom. The third-order valence-corrected chi connectivity index (χ3v) is 5.64. The molecule has 5 heteroatoms. The molecule has 3 rings (SSSR count). The molecule has 2 aromatic carbocycles. The van der Waals surface area contributed by atoms with Gasteiger partial charge >= 0.3 is 0 Å². The van der Waals surface area contributed by atoms with Gasteiger partial charge in [-0.1, -0.05) is 49.4 Å². The van der Waals surface area contributed by atoms with Gasteiger partial charge in [-0.3, -0.25) is 9.59 Å². The van der Waals surface area contributed by atoms with E-state index in [0.717, 1.165) is 23.3 Å². The fourth-order valence-corrected chi connectivity index (χ4v) is 3.75. The second kappa shape index (κ2) is 10.6. The molecule has 2 aromatic rings. The quantitative estimate of drug-likeness (QED) is 0.701. The molecule has 1 heterocycles. The lowest BCUT2D eigenvalue weighted by Crippen LogP contribution is -2.43. The van der Waals surface area contributed by atoms with Crippen molar-refractivity contribution in [2.24, 2.45) is 5.92 Å². The lowest BCUT2D eigenvalue weighted by Gasteiger charge is -2.31. The highest BCUT2D eigenvalue weighted by Crippen LogP contribution is 2.23. The summed E-state index contributed by atoms with van der Waals surface area (Å²) in [6.45, 7) is 3.28. The van der Waals surface area contributed by atoms with Gasteiger partial charge in [0.25, 0.3) is 0 Å². The number of carbonyl (C=O) groups is 2. The molecule has 1 atom stereocenters. The Balaban J connectivity index is 1.50. The van der Waals surface area contributed by atoms with Crippen LogP contribution in [0, 0.1) is 5.92 Å². The molecule has 0 bridgehead atoms. The van der Waals surface area contributed by atoms with Crippen molar-refractivity contribution in [1.82, 2.24) is 10.2 Å². The molecular formula is C25H30N2O3. The number of hydrogen-bond acceptors (Lipinski definition) is 3. The summed E-state index contributed by atoms with van der Waals surface area (Å²) in [6, 6.07) is 17.6. The minimum Gasteiger partial charge on any atom is -0.497 e. The Morgan fingerprint density at radius 2 is 1.77 bits per heavy atom. The minimum absolute atomic E-state index is 0.00220. The molecule has 1 saturated heterocycles. The molecule has 1 N–H and O–H groups in total. The van der Waals surface area contributed by atoms with E-state index in [-0.39, 0.29) is 23.8 Å². The van der Waals surface area contributed by atoms with Crippen LogP contribution in [0.1, 0.15) is 43.4 Å². The van der Waals surface area contributed by atoms with Gasteiger partial charge in [-0.2, -0.15) is 0 Å². The van der Waals surface area contributed by atoms with E-state index in [1.54, 1.807) is 13.2 Å². The number of benzene rings is 2. The number of ether oxygens (including phenoxy) is 1. The second-order valence-corrected chi connectivity index (χ2v) is 7.59. The Kier molecular flexibility index (Phi) is 7.66. The fourth-order valence-electron chi connectivity index (χ4n) is 3.75. The number of nitrogens with one attached hydrogen (secondary N) is 1. The van der Waals surface area contributed by atoms with Gasteiger partial charge in [0.15, 0.2) is 0 Å². The lowest BCUT2D eigenvalue weighted by atomic mass is 9.94. The third-order valence-electron chi connectivity index (χ3n) is 5.64. The number of hydrogen-bond donors (Lipinski definition) is 1. The van der Waals surface area contributed by atoms with Crippen LogP contribution in [0.3, 0.4) is 0 Å². The SMILES string of the molecule is CCC(NC(=O)C1CCN(C(=O)/C=C/c2ccccc2)CC1)c1ccc(OC)cc1. The minimum atomic E-state index is -0.0561. The molecular weight excluding hydrogens is 376 g/mol. The molecule has 5 nitrogen and oxygen atoms in total. The molecule has 30 heavy (non-hydrogen) atoms. The van der Waals surface area contributed by atoms with Crippen molar-refractivity contribution in [2.75, 3.05) is 20.2 Å². The molecule has 0 aromatic heterocycles. The molecule has 1 aliphatic heterocycles. The van der Waals surface area contributed by atoms with Gasteiger partial charge in [-0.05, 0) is 48.6 Å². The summed E-state index contributed by atoms with van der Waals surface area (Å²) in [5, 5.41) is 3.18. The highest BCUT2D eigenvalue weighted by Gasteiger charge is 2.27. The van der Waals surface area contributed by atoms with Crippen LogP contribution in [0.15, 0.2) is 60.7 Å². The standard InChI is InChI=1S/C25H30N2O3/c1-3-23(20-10-12-22(30-2)13-11-20)26-25(29)21-15-17-27(18-16-21)24(28)14-9-19-7-5-4-6-8-19/h4-14,21,23H,3,15-18H2,1-2H3,(H,26,29)/b14-9+. The lowest BCUT2D eigenvalue weighted by molar-refractivity contribution is -0.132. The first kappa shape index (κ1) is 21.6. The van der Waals surface area contributed by atoms with Crippen molar-refractivity contribution >= 4 is 17.9 Å². The fraction of sp³-hybridized carbons (Fsp3) is 0.360. The van der Waals surface area contributed by atoms with E-state index in [1.165, 1.54) is 0 Å². The zero-order chi connectivity index (χ0) is 21.3. The van der Waals surface area contributed by atoms with Crippen LogP contribution in [-0.2, 0) is 9.59 Å². The normalized spacial score (nSPS) is 15.7. The summed E-state index contributed by atoms with van der Waals surface area (Å²) in [4.78, 5) is 27.1. The van der Waals surface area contributed by atoms with Crippen LogP contribution >= 0.6 is 0 Å². The van der Waals surface area contributed by atoms with Gasteiger partial charge in [-0.15, -0.1) is 0 Å². The predicted molar refractivity (Wildman–Crippen MR) is 119 cm³/mol. The molecule has 1 unspecified atom stereocenters. The molecule has 2 amide bonds. The van der Waals surface area contributed by atoms with Crippen LogP contribution in [-0.4, -0.2) is 36.9 Å². The monoisotopic (exact) mass is 406 g/mol. The van der Waals surface area contributed by atoms with Crippen molar-refractivity contribution < 1.29 is 14.3 Å². The number of piperidine rings is 1. The van der Waals surface area contributed by atoms with Crippen LogP contribution < -0.4 is 10.1 Å². The number of nitrogens with zero attached hydrogens (tertiary/aromatic N) is 1. The van der Waals surface area contributed by atoms with E-state index in [2.05, 4.69) is 12.2 Å². The van der Waals surface area contributed by atoms with Crippen molar-refractivity contribution in [1.29, 1.82) is 0 Å². The summed E-state index contributed by atoms with van der Waals surface area (Å²) < 4.78 is 5.21. The summed E-state index contributed by atoms with van der Waals surface area (Å²) in [5.41, 5.74) is 2.08. The number of carbonyl (C=O) groups excluding carboxylic acids is 2. The Bertz CT molecular complexity index is 854. The zero-order valence-electron chi connectivity index (χ0n) is 17.7. The molecule has 158 valence electrons. The number of amides is 2. The molecule has 0 saturated carbocycles. The summed E-state index contributed by atoms with van der Waals surface area (Å²) in [6.07, 6.45) is 5.65. The Hall–Kier alpha value is -3.08. The highest BCUT2D eigenvalue weighted by atomic mass is 16.5. The van der Waals surface area contributed by atoms with E-state index in [9.17, 15) is 9.59 Å².